The second kappa shape index (κ2) is 2.57. The summed E-state index contributed by atoms with van der Waals surface area (Å²) in [5.74, 6) is 0.359. The standard InChI is InChI=1S/C4H8N2/c1-3-6-4(2)5/h3,5H,1-2H3/b5-4?,6-3+. The van der Waals surface area contributed by atoms with Crippen molar-refractivity contribution < 1.29 is 0 Å². The number of aliphatic imine (C=N–C) groups is 1. The van der Waals surface area contributed by atoms with Gasteiger partial charge in [-0.25, -0.2) is 4.99 Å². The van der Waals surface area contributed by atoms with Crippen molar-refractivity contribution in [3.05, 3.63) is 0 Å². The van der Waals surface area contributed by atoms with Crippen molar-refractivity contribution >= 4 is 12.1 Å². The van der Waals surface area contributed by atoms with Crippen molar-refractivity contribution in [1.29, 1.82) is 5.41 Å². The fourth-order valence-electron chi connectivity index (χ4n) is 0.194. The zero-order valence-corrected chi connectivity index (χ0v) is 4.02. The van der Waals surface area contributed by atoms with E-state index in [1.165, 1.54) is 0 Å². The minimum Gasteiger partial charge on any atom is -0.287 e. The third-order valence-electron chi connectivity index (χ3n) is 0.323. The molecule has 0 spiro atoms. The van der Waals surface area contributed by atoms with Gasteiger partial charge < -0.3 is 0 Å². The van der Waals surface area contributed by atoms with Crippen LogP contribution >= 0.6 is 0 Å². The third-order valence-corrected chi connectivity index (χ3v) is 0.323. The van der Waals surface area contributed by atoms with Crippen LogP contribution in [0, 0.1) is 5.41 Å². The Morgan fingerprint density at radius 1 is 1.83 bits per heavy atom. The molecular weight excluding hydrogens is 76.1 g/mol. The molecule has 0 unspecified atom stereocenters. The number of hydrogen-bond donors (Lipinski definition) is 1. The maximum absolute atomic E-state index is 6.70. The van der Waals surface area contributed by atoms with E-state index in [9.17, 15) is 0 Å². The summed E-state index contributed by atoms with van der Waals surface area (Å²) in [6.07, 6.45) is 1.60. The van der Waals surface area contributed by atoms with E-state index < -0.39 is 0 Å². The molecule has 0 aliphatic carbocycles. The van der Waals surface area contributed by atoms with E-state index in [0.717, 1.165) is 0 Å². The lowest BCUT2D eigenvalue weighted by Gasteiger charge is -1.74. The van der Waals surface area contributed by atoms with Gasteiger partial charge in [0.05, 0.1) is 0 Å². The van der Waals surface area contributed by atoms with Crippen LogP contribution in [0.3, 0.4) is 0 Å². The highest BCUT2D eigenvalue weighted by molar-refractivity contribution is 5.84. The smallest absolute Gasteiger partial charge is 0.116 e. The van der Waals surface area contributed by atoms with Crippen LogP contribution < -0.4 is 0 Å². The number of amidine groups is 1. The van der Waals surface area contributed by atoms with Crippen LogP contribution in [0.2, 0.25) is 0 Å². The first-order valence-corrected chi connectivity index (χ1v) is 1.81. The SMILES string of the molecule is C/C=N/C(C)=N. The van der Waals surface area contributed by atoms with Gasteiger partial charge in [-0.1, -0.05) is 0 Å². The summed E-state index contributed by atoms with van der Waals surface area (Å²) >= 11 is 0. The highest BCUT2D eigenvalue weighted by Crippen LogP contribution is 1.65. The predicted molar refractivity (Wildman–Crippen MR) is 27.6 cm³/mol. The molecule has 34 valence electrons. The molecule has 0 amide bonds. The maximum Gasteiger partial charge on any atom is 0.116 e. The van der Waals surface area contributed by atoms with E-state index in [1.54, 1.807) is 20.1 Å². The number of hydrogen-bond acceptors (Lipinski definition) is 1. The molecule has 0 radical (unpaired) electrons. The summed E-state index contributed by atoms with van der Waals surface area (Å²) in [5, 5.41) is 6.70. The van der Waals surface area contributed by atoms with Gasteiger partial charge in [0, 0.05) is 6.21 Å². The topological polar surface area (TPSA) is 36.2 Å². The molecule has 6 heavy (non-hydrogen) atoms. The van der Waals surface area contributed by atoms with Crippen molar-refractivity contribution in [2.24, 2.45) is 4.99 Å². The third kappa shape index (κ3) is 3.34. The molecule has 0 bridgehead atoms. The molecule has 0 saturated carbocycles. The Hall–Kier alpha value is -0.660. The van der Waals surface area contributed by atoms with E-state index >= 15 is 0 Å². The first-order chi connectivity index (χ1) is 2.77. The molecule has 0 atom stereocenters. The van der Waals surface area contributed by atoms with E-state index in [2.05, 4.69) is 4.99 Å². The molecule has 0 rings (SSSR count). The summed E-state index contributed by atoms with van der Waals surface area (Å²) in [4.78, 5) is 3.58. The van der Waals surface area contributed by atoms with Crippen molar-refractivity contribution in [3.8, 4) is 0 Å². The monoisotopic (exact) mass is 84.1 g/mol. The minimum absolute atomic E-state index is 0.359. The summed E-state index contributed by atoms with van der Waals surface area (Å²) in [7, 11) is 0. The summed E-state index contributed by atoms with van der Waals surface area (Å²) < 4.78 is 0. The van der Waals surface area contributed by atoms with Gasteiger partial charge in [0.15, 0.2) is 0 Å². The van der Waals surface area contributed by atoms with Gasteiger partial charge in [-0.2, -0.15) is 0 Å². The van der Waals surface area contributed by atoms with Crippen molar-refractivity contribution in [1.82, 2.24) is 0 Å². The number of rotatable bonds is 0. The average Bonchev–Trinajstić information content (AvgIpc) is 1.35. The van der Waals surface area contributed by atoms with Gasteiger partial charge in [-0.15, -0.1) is 0 Å². The maximum atomic E-state index is 6.70. The molecule has 0 aliphatic rings. The lowest BCUT2D eigenvalue weighted by molar-refractivity contribution is 1.42. The second-order valence-electron chi connectivity index (χ2n) is 0.973. The molecule has 0 aromatic carbocycles. The number of nitrogens with zero attached hydrogens (tertiary/aromatic N) is 1. The first-order valence-electron chi connectivity index (χ1n) is 1.81. The van der Waals surface area contributed by atoms with E-state index in [0.29, 0.717) is 5.84 Å². The molecule has 0 fully saturated rings. The Kier molecular flexibility index (Phi) is 2.29. The Morgan fingerprint density at radius 3 is 2.33 bits per heavy atom. The minimum atomic E-state index is 0.359. The Morgan fingerprint density at radius 2 is 2.33 bits per heavy atom. The average molecular weight is 84.1 g/mol. The molecule has 0 saturated heterocycles. The normalized spacial score (nSPS) is 9.67. The van der Waals surface area contributed by atoms with Gasteiger partial charge in [-0.05, 0) is 13.8 Å². The largest absolute Gasteiger partial charge is 0.287 e. The van der Waals surface area contributed by atoms with Gasteiger partial charge in [0.25, 0.3) is 0 Å². The second-order valence-corrected chi connectivity index (χ2v) is 0.973. The van der Waals surface area contributed by atoms with Crippen LogP contribution in [-0.2, 0) is 0 Å². The molecule has 0 aromatic rings. The van der Waals surface area contributed by atoms with Crippen LogP contribution in [-0.4, -0.2) is 12.1 Å². The van der Waals surface area contributed by atoms with Gasteiger partial charge in [-0.3, -0.25) is 5.41 Å². The predicted octanol–water partition coefficient (Wildman–Crippen LogP) is 1.07. The molecule has 0 aromatic heterocycles. The zero-order valence-electron chi connectivity index (χ0n) is 4.02. The fraction of sp³-hybridized carbons (Fsp3) is 0.500. The lowest BCUT2D eigenvalue weighted by atomic mass is 10.7. The van der Waals surface area contributed by atoms with Crippen LogP contribution in [0.15, 0.2) is 4.99 Å². The fourth-order valence-corrected chi connectivity index (χ4v) is 0.194. The first kappa shape index (κ1) is 5.34. The molecule has 2 nitrogen and oxygen atoms in total. The zero-order chi connectivity index (χ0) is 4.99. The summed E-state index contributed by atoms with van der Waals surface area (Å²) in [6, 6.07) is 0. The summed E-state index contributed by atoms with van der Waals surface area (Å²) in [5.41, 5.74) is 0. The van der Waals surface area contributed by atoms with Crippen molar-refractivity contribution in [2.75, 3.05) is 0 Å². The highest BCUT2D eigenvalue weighted by Gasteiger charge is 1.67. The molecular formula is C4H8N2. The molecule has 2 heteroatoms. The molecule has 1 N–H and O–H groups in total. The summed E-state index contributed by atoms with van der Waals surface area (Å²) in [6.45, 7) is 3.43. The molecule has 0 aliphatic heterocycles. The molecule has 0 heterocycles. The van der Waals surface area contributed by atoms with E-state index in [4.69, 9.17) is 5.41 Å². The van der Waals surface area contributed by atoms with Gasteiger partial charge >= 0.3 is 0 Å². The lowest BCUT2D eigenvalue weighted by Crippen LogP contribution is -1.77. The van der Waals surface area contributed by atoms with Crippen LogP contribution in [0.5, 0.6) is 0 Å². The Labute approximate surface area is 37.4 Å². The van der Waals surface area contributed by atoms with Crippen LogP contribution in [0.1, 0.15) is 13.8 Å². The Balaban J connectivity index is 3.30. The van der Waals surface area contributed by atoms with Crippen molar-refractivity contribution in [3.63, 3.8) is 0 Å². The number of nitrogens with one attached hydrogen (secondary N) is 1. The van der Waals surface area contributed by atoms with Gasteiger partial charge in [0.2, 0.25) is 0 Å². The van der Waals surface area contributed by atoms with Gasteiger partial charge in [0.1, 0.15) is 5.84 Å². The quantitative estimate of drug-likeness (QED) is 0.337. The van der Waals surface area contributed by atoms with E-state index in [1.807, 2.05) is 0 Å². The Bertz CT molecular complexity index is 73.6. The van der Waals surface area contributed by atoms with Crippen LogP contribution in [0.4, 0.5) is 0 Å². The van der Waals surface area contributed by atoms with Crippen molar-refractivity contribution in [2.45, 2.75) is 13.8 Å². The highest BCUT2D eigenvalue weighted by atomic mass is 14.8. The van der Waals surface area contributed by atoms with Crippen LogP contribution in [0.25, 0.3) is 0 Å². The van der Waals surface area contributed by atoms with E-state index in [-0.39, 0.29) is 0 Å².